The molecule has 0 aliphatic carbocycles. The molecule has 28 heavy (non-hydrogen) atoms. The summed E-state index contributed by atoms with van der Waals surface area (Å²) in [5.74, 6) is 0.0178. The number of hydrogen-bond donors (Lipinski definition) is 1. The molecule has 1 aromatic carbocycles. The molecule has 1 fully saturated rings. The van der Waals surface area contributed by atoms with Crippen molar-refractivity contribution in [3.05, 3.63) is 57.4 Å². The molecule has 1 amide bonds. The zero-order valence-electron chi connectivity index (χ0n) is 15.3. The summed E-state index contributed by atoms with van der Waals surface area (Å²) in [5.41, 5.74) is 0.0826. The lowest BCUT2D eigenvalue weighted by Crippen LogP contribution is -2.36. The second kappa shape index (κ2) is 7.97. The maximum atomic E-state index is 12.6. The summed E-state index contributed by atoms with van der Waals surface area (Å²) in [6.07, 6.45) is 2.53. The van der Waals surface area contributed by atoms with Crippen molar-refractivity contribution in [3.63, 3.8) is 0 Å². The normalized spacial score (nSPS) is 15.0. The number of benzene rings is 1. The third-order valence-electron chi connectivity index (χ3n) is 4.87. The summed E-state index contributed by atoms with van der Waals surface area (Å²) in [6, 6.07) is 9.38. The number of carbonyl (C=O) groups is 1. The number of aryl methyl sites for hydroxylation is 1. The van der Waals surface area contributed by atoms with E-state index in [4.69, 9.17) is 4.98 Å². The van der Waals surface area contributed by atoms with E-state index in [9.17, 15) is 14.4 Å². The lowest BCUT2D eigenvalue weighted by molar-refractivity contribution is -0.131. The predicted octanol–water partition coefficient (Wildman–Crippen LogP) is 1.28. The number of amides is 1. The zero-order valence-corrected chi connectivity index (χ0v) is 16.2. The van der Waals surface area contributed by atoms with Crippen molar-refractivity contribution in [1.82, 2.24) is 19.4 Å². The number of anilines is 1. The molecule has 0 bridgehead atoms. The number of carbonyl (C=O) groups excluding carboxylic acids is 1. The van der Waals surface area contributed by atoms with Gasteiger partial charge in [-0.3, -0.25) is 14.6 Å². The van der Waals surface area contributed by atoms with Gasteiger partial charge >= 0.3 is 5.69 Å². The lowest BCUT2D eigenvalue weighted by atomic mass is 10.3. The largest absolute Gasteiger partial charge is 0.346 e. The lowest BCUT2D eigenvalue weighted by Gasteiger charge is -2.21. The fourth-order valence-electron chi connectivity index (χ4n) is 3.35. The van der Waals surface area contributed by atoms with E-state index < -0.39 is 11.2 Å². The topological polar surface area (TPSA) is 91.3 Å². The first-order valence-corrected chi connectivity index (χ1v) is 10.1. The molecule has 0 saturated carbocycles. The van der Waals surface area contributed by atoms with Crippen molar-refractivity contribution in [2.45, 2.75) is 19.4 Å². The minimum absolute atomic E-state index is 0.0178. The molecule has 0 radical (unpaired) electrons. The van der Waals surface area contributed by atoms with Crippen LogP contribution >= 0.6 is 11.3 Å². The molecule has 146 valence electrons. The number of H-pyrrole nitrogens is 1. The van der Waals surface area contributed by atoms with Gasteiger partial charge in [0, 0.05) is 51.4 Å². The molecule has 2 aromatic heterocycles. The number of para-hydroxylation sites is 1. The van der Waals surface area contributed by atoms with Gasteiger partial charge in [0.1, 0.15) is 0 Å². The van der Waals surface area contributed by atoms with Crippen molar-refractivity contribution < 1.29 is 4.79 Å². The number of aromatic nitrogens is 3. The quantitative estimate of drug-likeness (QED) is 0.714. The van der Waals surface area contributed by atoms with Crippen molar-refractivity contribution >= 4 is 32.6 Å². The molecule has 9 heteroatoms. The molecule has 1 N–H and O–H groups in total. The van der Waals surface area contributed by atoms with E-state index in [1.54, 1.807) is 11.3 Å². The van der Waals surface area contributed by atoms with Gasteiger partial charge in [-0.2, -0.15) is 0 Å². The number of aromatic amines is 1. The minimum Gasteiger partial charge on any atom is -0.346 e. The fourth-order valence-corrected chi connectivity index (χ4v) is 4.37. The Labute approximate surface area is 165 Å². The van der Waals surface area contributed by atoms with Crippen molar-refractivity contribution in [2.75, 3.05) is 31.1 Å². The first kappa shape index (κ1) is 18.4. The summed E-state index contributed by atoms with van der Waals surface area (Å²) in [6.45, 7) is 3.19. The fraction of sp³-hybridized carbons (Fsp3) is 0.368. The Morgan fingerprint density at radius 1 is 1.11 bits per heavy atom. The van der Waals surface area contributed by atoms with E-state index in [0.717, 1.165) is 30.2 Å². The van der Waals surface area contributed by atoms with Crippen LogP contribution in [-0.2, 0) is 11.3 Å². The van der Waals surface area contributed by atoms with Crippen LogP contribution in [0, 0.1) is 0 Å². The van der Waals surface area contributed by atoms with Crippen LogP contribution in [0.15, 0.2) is 46.1 Å². The molecular formula is C19H21N5O3S. The van der Waals surface area contributed by atoms with Crippen LogP contribution in [-0.4, -0.2) is 51.5 Å². The summed E-state index contributed by atoms with van der Waals surface area (Å²) in [4.78, 5) is 46.4. The molecule has 3 aromatic rings. The highest BCUT2D eigenvalue weighted by Gasteiger charge is 2.21. The number of hydrogen-bond acceptors (Lipinski definition) is 6. The first-order valence-electron chi connectivity index (χ1n) is 9.28. The van der Waals surface area contributed by atoms with E-state index in [0.29, 0.717) is 13.1 Å². The molecule has 8 nitrogen and oxygen atoms in total. The molecule has 3 heterocycles. The third-order valence-corrected chi connectivity index (χ3v) is 5.96. The molecule has 1 saturated heterocycles. The van der Waals surface area contributed by atoms with Crippen molar-refractivity contribution in [1.29, 1.82) is 0 Å². The van der Waals surface area contributed by atoms with Crippen molar-refractivity contribution in [2.24, 2.45) is 0 Å². The molecule has 0 unspecified atom stereocenters. The van der Waals surface area contributed by atoms with E-state index in [1.807, 2.05) is 23.1 Å². The maximum absolute atomic E-state index is 12.6. The van der Waals surface area contributed by atoms with Gasteiger partial charge in [0.15, 0.2) is 5.13 Å². The maximum Gasteiger partial charge on any atom is 0.328 e. The van der Waals surface area contributed by atoms with E-state index >= 15 is 0 Å². The average Bonchev–Trinajstić information content (AvgIpc) is 2.96. The highest BCUT2D eigenvalue weighted by molar-refractivity contribution is 7.22. The highest BCUT2D eigenvalue weighted by atomic mass is 32.1. The number of nitrogens with one attached hydrogen (secondary N) is 1. The predicted molar refractivity (Wildman–Crippen MR) is 109 cm³/mol. The smallest absolute Gasteiger partial charge is 0.328 e. The summed E-state index contributed by atoms with van der Waals surface area (Å²) >= 11 is 1.68. The molecular weight excluding hydrogens is 378 g/mol. The first-order chi connectivity index (χ1) is 13.6. The van der Waals surface area contributed by atoms with E-state index in [2.05, 4.69) is 16.0 Å². The van der Waals surface area contributed by atoms with Crippen LogP contribution in [0.3, 0.4) is 0 Å². The standard InChI is InChI=1S/C19H21N5O3S/c25-16-6-10-23(18(27)21-16)11-7-17(26)22-8-3-9-24(13-12-22)19-20-14-4-1-2-5-15(14)28-19/h1-2,4-6,10H,3,7-9,11-13H2,(H,21,25,27). The van der Waals surface area contributed by atoms with Gasteiger partial charge < -0.3 is 14.4 Å². The van der Waals surface area contributed by atoms with Crippen LogP contribution in [0.2, 0.25) is 0 Å². The second-order valence-electron chi connectivity index (χ2n) is 6.74. The number of nitrogens with zero attached hydrogens (tertiary/aromatic N) is 4. The van der Waals surface area contributed by atoms with Gasteiger partial charge in [0.2, 0.25) is 5.91 Å². The Morgan fingerprint density at radius 3 is 2.79 bits per heavy atom. The Hall–Kier alpha value is -2.94. The second-order valence-corrected chi connectivity index (χ2v) is 7.75. The molecule has 1 aliphatic rings. The van der Waals surface area contributed by atoms with Crippen molar-refractivity contribution in [3.8, 4) is 0 Å². The number of thiazole rings is 1. The van der Waals surface area contributed by atoms with Gasteiger partial charge in [-0.15, -0.1) is 0 Å². The molecule has 1 aliphatic heterocycles. The van der Waals surface area contributed by atoms with E-state index in [1.165, 1.54) is 21.5 Å². The Kier molecular flexibility index (Phi) is 5.25. The SMILES string of the molecule is O=C(CCn1ccc(=O)[nH]c1=O)N1CCCN(c2nc3ccccc3s2)CC1. The summed E-state index contributed by atoms with van der Waals surface area (Å²) < 4.78 is 2.52. The molecule has 4 rings (SSSR count). The Morgan fingerprint density at radius 2 is 1.96 bits per heavy atom. The van der Waals surface area contributed by atoms with Gasteiger partial charge in [-0.05, 0) is 18.6 Å². The van der Waals surface area contributed by atoms with E-state index in [-0.39, 0.29) is 18.9 Å². The van der Waals surface area contributed by atoms with Gasteiger partial charge in [0.05, 0.1) is 10.2 Å². The average molecular weight is 399 g/mol. The number of rotatable bonds is 4. The van der Waals surface area contributed by atoms with Crippen LogP contribution in [0.1, 0.15) is 12.8 Å². The molecule has 0 spiro atoms. The third kappa shape index (κ3) is 3.99. The zero-order chi connectivity index (χ0) is 19.5. The highest BCUT2D eigenvalue weighted by Crippen LogP contribution is 2.29. The Bertz CT molecular complexity index is 1070. The van der Waals surface area contributed by atoms with Crippen LogP contribution in [0.5, 0.6) is 0 Å². The summed E-state index contributed by atoms with van der Waals surface area (Å²) in [5, 5.41) is 0.996. The van der Waals surface area contributed by atoms with Crippen LogP contribution in [0.25, 0.3) is 10.2 Å². The van der Waals surface area contributed by atoms with Gasteiger partial charge in [-0.25, -0.2) is 9.78 Å². The summed E-state index contributed by atoms with van der Waals surface area (Å²) in [7, 11) is 0. The Balaban J connectivity index is 1.37. The van der Waals surface area contributed by atoms with Crippen LogP contribution in [0.4, 0.5) is 5.13 Å². The minimum atomic E-state index is -0.488. The van der Waals surface area contributed by atoms with Crippen LogP contribution < -0.4 is 16.1 Å². The molecule has 0 atom stereocenters. The monoisotopic (exact) mass is 399 g/mol. The van der Waals surface area contributed by atoms with Gasteiger partial charge in [0.25, 0.3) is 5.56 Å². The van der Waals surface area contributed by atoms with Gasteiger partial charge in [-0.1, -0.05) is 23.5 Å². The number of fused-ring (bicyclic) bond motifs is 1.